The van der Waals surface area contributed by atoms with Crippen LogP contribution in [0.1, 0.15) is 10.6 Å². The lowest BCUT2D eigenvalue weighted by molar-refractivity contribution is 0.277. The lowest BCUT2D eigenvalue weighted by Gasteiger charge is -2.02. The minimum Gasteiger partial charge on any atom is -0.390 e. The number of thiazole rings is 1. The largest absolute Gasteiger partial charge is 0.390 e. The number of rotatable bonds is 2. The van der Waals surface area contributed by atoms with Gasteiger partial charge < -0.3 is 5.11 Å². The van der Waals surface area contributed by atoms with E-state index in [9.17, 15) is 0 Å². The molecule has 92 valence electrons. The van der Waals surface area contributed by atoms with Crippen LogP contribution in [0.15, 0.2) is 30.5 Å². The number of nitrogens with zero attached hydrogens (tertiary/aromatic N) is 2. The maximum Gasteiger partial charge on any atom is 0.194 e. The highest BCUT2D eigenvalue weighted by atomic mass is 35.5. The van der Waals surface area contributed by atoms with E-state index in [4.69, 9.17) is 16.7 Å². The fraction of sp³-hybridized carbons (Fsp3) is 0.154. The smallest absolute Gasteiger partial charge is 0.194 e. The van der Waals surface area contributed by atoms with Crippen molar-refractivity contribution < 1.29 is 5.11 Å². The van der Waals surface area contributed by atoms with Gasteiger partial charge in [-0.05, 0) is 24.6 Å². The van der Waals surface area contributed by atoms with Crippen molar-refractivity contribution >= 4 is 27.9 Å². The molecule has 0 fully saturated rings. The van der Waals surface area contributed by atoms with E-state index >= 15 is 0 Å². The van der Waals surface area contributed by atoms with Crippen LogP contribution >= 0.6 is 22.9 Å². The van der Waals surface area contributed by atoms with E-state index in [0.717, 1.165) is 21.2 Å². The molecule has 0 aliphatic heterocycles. The van der Waals surface area contributed by atoms with Crippen LogP contribution in [0.5, 0.6) is 0 Å². The van der Waals surface area contributed by atoms with Crippen LogP contribution in [0, 0.1) is 6.92 Å². The Morgan fingerprint density at radius 2 is 2.06 bits per heavy atom. The van der Waals surface area contributed by atoms with Crippen LogP contribution < -0.4 is 0 Å². The molecule has 0 amide bonds. The highest BCUT2D eigenvalue weighted by Crippen LogP contribution is 2.31. The van der Waals surface area contributed by atoms with Crippen molar-refractivity contribution in [3.63, 3.8) is 0 Å². The van der Waals surface area contributed by atoms with Crippen molar-refractivity contribution in [3.8, 4) is 11.3 Å². The Kier molecular flexibility index (Phi) is 2.86. The maximum absolute atomic E-state index is 9.14. The second kappa shape index (κ2) is 4.39. The van der Waals surface area contributed by atoms with Crippen LogP contribution in [0.3, 0.4) is 0 Å². The van der Waals surface area contributed by atoms with Gasteiger partial charge in [0.2, 0.25) is 0 Å². The quantitative estimate of drug-likeness (QED) is 0.779. The van der Waals surface area contributed by atoms with Crippen molar-refractivity contribution in [1.82, 2.24) is 9.38 Å². The molecular weight excluding hydrogens is 268 g/mol. The lowest BCUT2D eigenvalue weighted by atomic mass is 10.1. The Labute approximate surface area is 113 Å². The molecule has 0 saturated carbocycles. The first-order valence-corrected chi connectivity index (χ1v) is 6.72. The Bertz CT molecular complexity index is 700. The number of aliphatic hydroxyl groups is 1. The number of fused-ring (bicyclic) bond motifs is 1. The maximum atomic E-state index is 9.14. The molecule has 0 aliphatic carbocycles. The van der Waals surface area contributed by atoms with Gasteiger partial charge in [0.15, 0.2) is 4.96 Å². The summed E-state index contributed by atoms with van der Waals surface area (Å²) in [5.41, 5.74) is 2.90. The Hall–Kier alpha value is -1.36. The SMILES string of the molecule is Cc1sc2nc(CO)cn2c1-c1ccc(Cl)cc1. The van der Waals surface area contributed by atoms with Crippen molar-refractivity contribution in [2.45, 2.75) is 13.5 Å². The highest BCUT2D eigenvalue weighted by Gasteiger charge is 2.13. The molecule has 0 radical (unpaired) electrons. The van der Waals surface area contributed by atoms with Gasteiger partial charge in [0.05, 0.1) is 18.0 Å². The van der Waals surface area contributed by atoms with E-state index in [1.165, 1.54) is 4.88 Å². The molecule has 3 rings (SSSR count). The van der Waals surface area contributed by atoms with E-state index < -0.39 is 0 Å². The van der Waals surface area contributed by atoms with Crippen molar-refractivity contribution in [2.24, 2.45) is 0 Å². The Morgan fingerprint density at radius 1 is 1.33 bits per heavy atom. The standard InChI is InChI=1S/C13H11ClN2OS/c1-8-12(9-2-4-10(14)5-3-9)16-6-11(7-17)15-13(16)18-8/h2-6,17H,7H2,1H3. The zero-order valence-corrected chi connectivity index (χ0v) is 11.3. The number of halogens is 1. The minimum absolute atomic E-state index is 0.0342. The summed E-state index contributed by atoms with van der Waals surface area (Å²) < 4.78 is 2.02. The predicted octanol–water partition coefficient (Wildman–Crippen LogP) is 3.52. The van der Waals surface area contributed by atoms with Gasteiger partial charge in [-0.25, -0.2) is 4.98 Å². The molecule has 0 atom stereocenters. The molecule has 18 heavy (non-hydrogen) atoms. The first-order valence-electron chi connectivity index (χ1n) is 5.53. The fourth-order valence-corrected chi connectivity index (χ4v) is 3.14. The van der Waals surface area contributed by atoms with Gasteiger partial charge in [-0.1, -0.05) is 23.7 Å². The fourth-order valence-electron chi connectivity index (χ4n) is 2.02. The second-order valence-corrected chi connectivity index (χ2v) is 5.67. The predicted molar refractivity (Wildman–Crippen MR) is 74.2 cm³/mol. The molecule has 0 saturated heterocycles. The van der Waals surface area contributed by atoms with Gasteiger partial charge in [-0.3, -0.25) is 4.40 Å². The summed E-state index contributed by atoms with van der Waals surface area (Å²) in [5, 5.41) is 9.86. The van der Waals surface area contributed by atoms with Gasteiger partial charge in [-0.2, -0.15) is 0 Å². The second-order valence-electron chi connectivity index (χ2n) is 4.06. The highest BCUT2D eigenvalue weighted by molar-refractivity contribution is 7.17. The van der Waals surface area contributed by atoms with Crippen molar-refractivity contribution in [3.05, 3.63) is 46.1 Å². The normalized spacial score (nSPS) is 11.3. The van der Waals surface area contributed by atoms with Crippen LogP contribution in [0.4, 0.5) is 0 Å². The summed E-state index contributed by atoms with van der Waals surface area (Å²) in [7, 11) is 0. The minimum atomic E-state index is -0.0342. The lowest BCUT2D eigenvalue weighted by Crippen LogP contribution is -1.86. The average molecular weight is 279 g/mol. The summed E-state index contributed by atoms with van der Waals surface area (Å²) >= 11 is 7.53. The summed E-state index contributed by atoms with van der Waals surface area (Å²) in [5.74, 6) is 0. The van der Waals surface area contributed by atoms with Crippen LogP contribution in [-0.2, 0) is 6.61 Å². The van der Waals surface area contributed by atoms with Crippen molar-refractivity contribution in [2.75, 3.05) is 0 Å². The molecule has 2 heterocycles. The molecule has 1 aromatic carbocycles. The number of aliphatic hydroxyl groups excluding tert-OH is 1. The monoisotopic (exact) mass is 278 g/mol. The van der Waals surface area contributed by atoms with Gasteiger partial charge in [0.25, 0.3) is 0 Å². The Balaban J connectivity index is 2.23. The van der Waals surface area contributed by atoms with Crippen LogP contribution in [0.25, 0.3) is 16.2 Å². The third-order valence-corrected chi connectivity index (χ3v) is 4.04. The molecule has 0 spiro atoms. The molecule has 3 nitrogen and oxygen atoms in total. The molecule has 1 N–H and O–H groups in total. The molecule has 2 aromatic heterocycles. The zero-order chi connectivity index (χ0) is 12.7. The van der Waals surface area contributed by atoms with Gasteiger partial charge in [-0.15, -0.1) is 11.3 Å². The van der Waals surface area contributed by atoms with Gasteiger partial charge >= 0.3 is 0 Å². The van der Waals surface area contributed by atoms with E-state index in [1.807, 2.05) is 34.9 Å². The molecule has 0 unspecified atom stereocenters. The molecule has 3 aromatic rings. The molecular formula is C13H11ClN2OS. The molecule has 0 bridgehead atoms. The number of hydrogen-bond acceptors (Lipinski definition) is 3. The van der Waals surface area contributed by atoms with Crippen LogP contribution in [-0.4, -0.2) is 14.5 Å². The molecule has 5 heteroatoms. The van der Waals surface area contributed by atoms with E-state index in [0.29, 0.717) is 5.69 Å². The summed E-state index contributed by atoms with van der Waals surface area (Å²) in [6.45, 7) is 2.04. The summed E-state index contributed by atoms with van der Waals surface area (Å²) in [6.07, 6.45) is 1.88. The molecule has 0 aliphatic rings. The Morgan fingerprint density at radius 3 is 2.72 bits per heavy atom. The number of aryl methyl sites for hydroxylation is 1. The first kappa shape index (κ1) is 11.7. The van der Waals surface area contributed by atoms with E-state index in [2.05, 4.69) is 11.9 Å². The first-order chi connectivity index (χ1) is 8.69. The third-order valence-electron chi connectivity index (χ3n) is 2.82. The van der Waals surface area contributed by atoms with E-state index in [1.54, 1.807) is 11.3 Å². The summed E-state index contributed by atoms with van der Waals surface area (Å²) in [6, 6.07) is 7.75. The zero-order valence-electron chi connectivity index (χ0n) is 9.72. The number of imidazole rings is 1. The van der Waals surface area contributed by atoms with E-state index in [-0.39, 0.29) is 6.61 Å². The third kappa shape index (κ3) is 1.82. The van der Waals surface area contributed by atoms with Crippen molar-refractivity contribution in [1.29, 1.82) is 0 Å². The number of benzene rings is 1. The summed E-state index contributed by atoms with van der Waals surface area (Å²) in [4.78, 5) is 6.46. The number of aromatic nitrogens is 2. The van der Waals surface area contributed by atoms with Gasteiger partial charge in [0.1, 0.15) is 0 Å². The van der Waals surface area contributed by atoms with Crippen LogP contribution in [0.2, 0.25) is 5.02 Å². The van der Waals surface area contributed by atoms with Gasteiger partial charge in [0, 0.05) is 16.1 Å². The average Bonchev–Trinajstić information content (AvgIpc) is 2.87. The number of hydrogen-bond donors (Lipinski definition) is 1. The topological polar surface area (TPSA) is 37.5 Å².